The first-order valence-corrected chi connectivity index (χ1v) is 11.5. The number of rotatable bonds is 6. The minimum atomic E-state index is -0.583. The van der Waals surface area contributed by atoms with Gasteiger partial charge in [-0.3, -0.25) is 19.0 Å². The SMILES string of the molecule is C[C@@H]1COCCN1C(=O)/C=C/c1cnn2c(O)c(C(=O)NC3CC3)c(=O)n(CC3(C)CC3)c12. The predicted molar refractivity (Wildman–Crippen MR) is 120 cm³/mol. The van der Waals surface area contributed by atoms with Gasteiger partial charge in [-0.2, -0.15) is 9.61 Å². The fraction of sp³-hybridized carbons (Fsp3) is 0.565. The molecule has 0 radical (unpaired) electrons. The number of morpholine rings is 1. The highest BCUT2D eigenvalue weighted by atomic mass is 16.5. The summed E-state index contributed by atoms with van der Waals surface area (Å²) in [5.74, 6) is -1.23. The quantitative estimate of drug-likeness (QED) is 0.631. The van der Waals surface area contributed by atoms with Gasteiger partial charge in [0.05, 0.1) is 25.5 Å². The Morgan fingerprint density at radius 2 is 2.12 bits per heavy atom. The minimum absolute atomic E-state index is 0.0237. The number of aromatic hydroxyl groups is 1. The lowest BCUT2D eigenvalue weighted by Crippen LogP contribution is -2.46. The average Bonchev–Trinajstić information content (AvgIpc) is 3.69. The van der Waals surface area contributed by atoms with Crippen LogP contribution < -0.4 is 10.9 Å². The normalized spacial score (nSPS) is 22.1. The highest BCUT2D eigenvalue weighted by Gasteiger charge is 2.39. The Labute approximate surface area is 190 Å². The summed E-state index contributed by atoms with van der Waals surface area (Å²) in [5, 5.41) is 17.8. The molecule has 1 atom stereocenters. The largest absolute Gasteiger partial charge is 0.492 e. The van der Waals surface area contributed by atoms with Gasteiger partial charge in [-0.15, -0.1) is 0 Å². The van der Waals surface area contributed by atoms with E-state index in [0.29, 0.717) is 37.5 Å². The molecule has 2 saturated carbocycles. The molecule has 0 unspecified atom stereocenters. The van der Waals surface area contributed by atoms with Crippen LogP contribution in [0.1, 0.15) is 55.5 Å². The van der Waals surface area contributed by atoms with Crippen molar-refractivity contribution in [1.29, 1.82) is 0 Å². The topological polar surface area (TPSA) is 118 Å². The molecule has 0 bridgehead atoms. The number of amides is 2. The van der Waals surface area contributed by atoms with Crippen LogP contribution in [0.25, 0.3) is 11.7 Å². The molecule has 1 aliphatic heterocycles. The monoisotopic (exact) mass is 455 g/mol. The molecule has 10 heteroatoms. The van der Waals surface area contributed by atoms with Gasteiger partial charge in [0, 0.05) is 30.8 Å². The van der Waals surface area contributed by atoms with Gasteiger partial charge >= 0.3 is 0 Å². The summed E-state index contributed by atoms with van der Waals surface area (Å²) in [6.07, 6.45) is 8.25. The summed E-state index contributed by atoms with van der Waals surface area (Å²) < 4.78 is 8.13. The molecule has 176 valence electrons. The molecule has 3 aliphatic rings. The van der Waals surface area contributed by atoms with Crippen LogP contribution in [-0.2, 0) is 16.1 Å². The van der Waals surface area contributed by atoms with Gasteiger partial charge in [-0.1, -0.05) is 6.92 Å². The number of aromatic nitrogens is 3. The molecular formula is C23H29N5O5. The third kappa shape index (κ3) is 4.15. The smallest absolute Gasteiger partial charge is 0.270 e. The maximum Gasteiger partial charge on any atom is 0.270 e. The van der Waals surface area contributed by atoms with E-state index in [1.807, 2.05) is 6.92 Å². The van der Waals surface area contributed by atoms with Gasteiger partial charge in [0.15, 0.2) is 5.56 Å². The van der Waals surface area contributed by atoms with Crippen molar-refractivity contribution in [2.45, 2.75) is 58.2 Å². The summed E-state index contributed by atoms with van der Waals surface area (Å²) in [6.45, 7) is 5.93. The Morgan fingerprint density at radius 1 is 1.36 bits per heavy atom. The third-order valence-corrected chi connectivity index (χ3v) is 6.75. The molecule has 5 rings (SSSR count). The van der Waals surface area contributed by atoms with E-state index in [-0.39, 0.29) is 29.0 Å². The maximum atomic E-state index is 13.4. The van der Waals surface area contributed by atoms with E-state index < -0.39 is 17.3 Å². The summed E-state index contributed by atoms with van der Waals surface area (Å²) >= 11 is 0. The Hall–Kier alpha value is -3.14. The fourth-order valence-corrected chi connectivity index (χ4v) is 4.23. The van der Waals surface area contributed by atoms with E-state index in [4.69, 9.17) is 4.74 Å². The van der Waals surface area contributed by atoms with Gasteiger partial charge < -0.3 is 20.1 Å². The lowest BCUT2D eigenvalue weighted by molar-refractivity contribution is -0.133. The Balaban J connectivity index is 1.55. The van der Waals surface area contributed by atoms with E-state index in [2.05, 4.69) is 17.3 Å². The van der Waals surface area contributed by atoms with Crippen LogP contribution in [0.4, 0.5) is 0 Å². The van der Waals surface area contributed by atoms with E-state index in [9.17, 15) is 19.5 Å². The molecular weight excluding hydrogens is 426 g/mol. The number of fused-ring (bicyclic) bond motifs is 1. The molecule has 1 saturated heterocycles. The molecule has 0 spiro atoms. The Kier molecular flexibility index (Phi) is 5.27. The maximum absolute atomic E-state index is 13.4. The molecule has 3 fully saturated rings. The lowest BCUT2D eigenvalue weighted by atomic mass is 10.1. The second-order valence-corrected chi connectivity index (χ2v) is 9.77. The molecule has 2 N–H and O–H groups in total. The first-order valence-electron chi connectivity index (χ1n) is 11.5. The Morgan fingerprint density at radius 3 is 2.79 bits per heavy atom. The highest BCUT2D eigenvalue weighted by Crippen LogP contribution is 2.46. The molecule has 33 heavy (non-hydrogen) atoms. The Bertz CT molecular complexity index is 1200. The van der Waals surface area contributed by atoms with Crippen molar-refractivity contribution >= 4 is 23.5 Å². The van der Waals surface area contributed by atoms with Crippen LogP contribution in [0, 0.1) is 5.41 Å². The van der Waals surface area contributed by atoms with Gasteiger partial charge in [-0.25, -0.2) is 0 Å². The number of nitrogens with one attached hydrogen (secondary N) is 1. The van der Waals surface area contributed by atoms with Crippen molar-refractivity contribution in [3.8, 4) is 5.88 Å². The van der Waals surface area contributed by atoms with Crippen molar-refractivity contribution in [3.05, 3.63) is 33.8 Å². The van der Waals surface area contributed by atoms with E-state index in [1.165, 1.54) is 21.4 Å². The van der Waals surface area contributed by atoms with Gasteiger partial charge in [0.25, 0.3) is 11.5 Å². The first kappa shape index (κ1) is 21.7. The standard InChI is InChI=1S/C23H29N5O5/c1-14-12-33-10-9-26(14)17(29)6-3-15-11-24-28-20(15)27(13-23(2)7-8-23)21(31)18(22(28)32)19(30)25-16-4-5-16/h3,6,11,14,16,32H,4-5,7-10,12-13H2,1-2H3,(H,25,30)/b6-3+/t14-/m1/s1. The summed E-state index contributed by atoms with van der Waals surface area (Å²) in [7, 11) is 0. The minimum Gasteiger partial charge on any atom is -0.492 e. The highest BCUT2D eigenvalue weighted by molar-refractivity contribution is 5.97. The van der Waals surface area contributed by atoms with Gasteiger partial charge in [0.2, 0.25) is 11.8 Å². The molecule has 2 aromatic heterocycles. The second kappa shape index (κ2) is 8.02. The molecule has 2 amide bonds. The summed E-state index contributed by atoms with van der Waals surface area (Å²) in [6, 6.07) is 0.0236. The number of carbonyl (C=O) groups is 2. The zero-order valence-electron chi connectivity index (χ0n) is 18.9. The van der Waals surface area contributed by atoms with Gasteiger partial charge in [0.1, 0.15) is 5.65 Å². The number of carbonyl (C=O) groups excluding carboxylic acids is 2. The third-order valence-electron chi connectivity index (χ3n) is 6.75. The van der Waals surface area contributed by atoms with Gasteiger partial charge in [-0.05, 0) is 44.1 Å². The predicted octanol–water partition coefficient (Wildman–Crippen LogP) is 1.15. The second-order valence-electron chi connectivity index (χ2n) is 9.77. The number of hydrogen-bond acceptors (Lipinski definition) is 6. The number of ether oxygens (including phenoxy) is 1. The molecule has 2 aliphatic carbocycles. The van der Waals surface area contributed by atoms with E-state index in [0.717, 1.165) is 25.7 Å². The molecule has 10 nitrogen and oxygen atoms in total. The van der Waals surface area contributed by atoms with Crippen LogP contribution in [-0.4, -0.2) is 67.8 Å². The first-order chi connectivity index (χ1) is 15.8. The van der Waals surface area contributed by atoms with Crippen LogP contribution in [0.3, 0.4) is 0 Å². The molecule has 2 aromatic rings. The van der Waals surface area contributed by atoms with E-state index in [1.54, 1.807) is 11.0 Å². The van der Waals surface area contributed by atoms with Crippen molar-refractivity contribution in [3.63, 3.8) is 0 Å². The van der Waals surface area contributed by atoms with Crippen LogP contribution >= 0.6 is 0 Å². The fourth-order valence-electron chi connectivity index (χ4n) is 4.23. The molecule has 0 aromatic carbocycles. The zero-order chi connectivity index (χ0) is 23.3. The van der Waals surface area contributed by atoms with Crippen LogP contribution in [0.15, 0.2) is 17.1 Å². The summed E-state index contributed by atoms with van der Waals surface area (Å²) in [5.41, 5.74) is 0.00308. The summed E-state index contributed by atoms with van der Waals surface area (Å²) in [4.78, 5) is 40.6. The number of nitrogens with zero attached hydrogens (tertiary/aromatic N) is 4. The van der Waals surface area contributed by atoms with Crippen molar-refractivity contribution in [1.82, 2.24) is 24.4 Å². The lowest BCUT2D eigenvalue weighted by Gasteiger charge is -2.32. The number of hydrogen-bond donors (Lipinski definition) is 2. The average molecular weight is 456 g/mol. The van der Waals surface area contributed by atoms with E-state index >= 15 is 0 Å². The zero-order valence-corrected chi connectivity index (χ0v) is 18.9. The van der Waals surface area contributed by atoms with Crippen molar-refractivity contribution in [2.75, 3.05) is 19.8 Å². The van der Waals surface area contributed by atoms with Crippen molar-refractivity contribution in [2.24, 2.45) is 5.41 Å². The molecule has 3 heterocycles. The van der Waals surface area contributed by atoms with Crippen LogP contribution in [0.2, 0.25) is 0 Å². The van der Waals surface area contributed by atoms with Crippen molar-refractivity contribution < 1.29 is 19.4 Å². The van der Waals surface area contributed by atoms with Crippen LogP contribution in [0.5, 0.6) is 5.88 Å².